The van der Waals surface area contributed by atoms with Gasteiger partial charge in [-0.15, -0.1) is 11.3 Å². The summed E-state index contributed by atoms with van der Waals surface area (Å²) >= 11 is 1.88. The van der Waals surface area contributed by atoms with Crippen molar-refractivity contribution in [2.45, 2.75) is 64.5 Å². The Morgan fingerprint density at radius 2 is 1.96 bits per heavy atom. The standard InChI is InChI=1S/C23H33NOS/c1-22(2)17-20(11-14-25-22)24-13-12-23(3,18-21-10-7-15-26-21)16-19-8-5-4-6-9-19/h4-10,15,20,24H,11-14,16-18H2,1-3H3/t20-,23-/m1/s1. The first-order valence-electron chi connectivity index (χ1n) is 9.88. The van der Waals surface area contributed by atoms with Crippen LogP contribution in [0, 0.1) is 5.41 Å². The summed E-state index contributed by atoms with van der Waals surface area (Å²) in [7, 11) is 0. The van der Waals surface area contributed by atoms with Crippen LogP contribution in [-0.4, -0.2) is 24.8 Å². The summed E-state index contributed by atoms with van der Waals surface area (Å²) in [4.78, 5) is 1.50. The minimum atomic E-state index is 0.0141. The minimum absolute atomic E-state index is 0.0141. The van der Waals surface area contributed by atoms with Gasteiger partial charge in [-0.05, 0) is 74.9 Å². The topological polar surface area (TPSA) is 21.3 Å². The molecule has 1 fully saturated rings. The Balaban J connectivity index is 1.60. The quantitative estimate of drug-likeness (QED) is 0.664. The first-order valence-corrected chi connectivity index (χ1v) is 10.8. The first-order chi connectivity index (χ1) is 12.4. The average Bonchev–Trinajstić information content (AvgIpc) is 3.07. The van der Waals surface area contributed by atoms with Gasteiger partial charge in [-0.25, -0.2) is 0 Å². The molecule has 2 aromatic rings. The number of ether oxygens (including phenoxy) is 1. The van der Waals surface area contributed by atoms with Gasteiger partial charge < -0.3 is 10.1 Å². The van der Waals surface area contributed by atoms with E-state index in [1.54, 1.807) is 0 Å². The SMILES string of the molecule is CC1(C)C[C@H](NCC[C@](C)(Cc2ccccc2)Cc2cccs2)CCO1. The number of nitrogens with one attached hydrogen (secondary N) is 1. The van der Waals surface area contributed by atoms with Crippen LogP contribution in [-0.2, 0) is 17.6 Å². The molecule has 1 aromatic heterocycles. The largest absolute Gasteiger partial charge is 0.375 e. The van der Waals surface area contributed by atoms with Crippen LogP contribution in [0.15, 0.2) is 47.8 Å². The van der Waals surface area contributed by atoms with E-state index < -0.39 is 0 Å². The van der Waals surface area contributed by atoms with Crippen molar-refractivity contribution >= 4 is 11.3 Å². The summed E-state index contributed by atoms with van der Waals surface area (Å²) in [6, 6.07) is 16.0. The summed E-state index contributed by atoms with van der Waals surface area (Å²) in [5, 5.41) is 6.02. The predicted molar refractivity (Wildman–Crippen MR) is 112 cm³/mol. The van der Waals surface area contributed by atoms with E-state index in [4.69, 9.17) is 4.74 Å². The van der Waals surface area contributed by atoms with Crippen LogP contribution >= 0.6 is 11.3 Å². The zero-order valence-electron chi connectivity index (χ0n) is 16.5. The smallest absolute Gasteiger partial charge is 0.0641 e. The van der Waals surface area contributed by atoms with Crippen molar-refractivity contribution in [3.8, 4) is 0 Å². The van der Waals surface area contributed by atoms with Gasteiger partial charge >= 0.3 is 0 Å². The normalized spacial score (nSPS) is 22.0. The van der Waals surface area contributed by atoms with Crippen LogP contribution in [0.3, 0.4) is 0 Å². The van der Waals surface area contributed by atoms with Crippen molar-refractivity contribution < 1.29 is 4.74 Å². The number of benzene rings is 1. The second kappa shape index (κ2) is 8.69. The summed E-state index contributed by atoms with van der Waals surface area (Å²) in [6.45, 7) is 8.82. The second-order valence-electron chi connectivity index (χ2n) is 8.73. The Kier molecular flexibility index (Phi) is 6.55. The lowest BCUT2D eigenvalue weighted by Crippen LogP contribution is -2.44. The monoisotopic (exact) mass is 371 g/mol. The molecule has 26 heavy (non-hydrogen) atoms. The lowest BCUT2D eigenvalue weighted by Gasteiger charge is -2.37. The summed E-state index contributed by atoms with van der Waals surface area (Å²) in [6.07, 6.45) is 5.71. The fourth-order valence-corrected chi connectivity index (χ4v) is 5.07. The van der Waals surface area contributed by atoms with Gasteiger partial charge in [0.2, 0.25) is 0 Å². The molecule has 0 spiro atoms. The zero-order valence-corrected chi connectivity index (χ0v) is 17.3. The first kappa shape index (κ1) is 19.6. The van der Waals surface area contributed by atoms with Gasteiger partial charge in [0.25, 0.3) is 0 Å². The van der Waals surface area contributed by atoms with E-state index in [9.17, 15) is 0 Å². The predicted octanol–water partition coefficient (Wildman–Crippen LogP) is 5.48. The van der Waals surface area contributed by atoms with Crippen LogP contribution in [0.1, 0.15) is 50.5 Å². The molecule has 1 aliphatic rings. The summed E-state index contributed by atoms with van der Waals surface area (Å²) < 4.78 is 5.85. The van der Waals surface area contributed by atoms with Gasteiger partial charge in [-0.2, -0.15) is 0 Å². The maximum atomic E-state index is 5.85. The van der Waals surface area contributed by atoms with Gasteiger partial charge in [-0.3, -0.25) is 0 Å². The Bertz CT molecular complexity index is 652. The Morgan fingerprint density at radius 1 is 1.15 bits per heavy atom. The molecule has 0 saturated carbocycles. The molecule has 1 saturated heterocycles. The Labute approximate surface area is 163 Å². The fraction of sp³-hybridized carbons (Fsp3) is 0.565. The molecule has 0 aliphatic carbocycles. The summed E-state index contributed by atoms with van der Waals surface area (Å²) in [5.41, 5.74) is 1.74. The minimum Gasteiger partial charge on any atom is -0.375 e. The average molecular weight is 372 g/mol. The zero-order chi connectivity index (χ0) is 18.5. The van der Waals surface area contributed by atoms with Crippen LogP contribution in [0.25, 0.3) is 0 Å². The van der Waals surface area contributed by atoms with E-state index in [0.29, 0.717) is 6.04 Å². The molecule has 2 nitrogen and oxygen atoms in total. The van der Waals surface area contributed by atoms with Crippen LogP contribution < -0.4 is 5.32 Å². The van der Waals surface area contributed by atoms with Crippen LogP contribution in [0.5, 0.6) is 0 Å². The molecule has 0 radical (unpaired) electrons. The number of hydrogen-bond acceptors (Lipinski definition) is 3. The molecule has 0 bridgehead atoms. The molecule has 3 heteroatoms. The Morgan fingerprint density at radius 3 is 2.65 bits per heavy atom. The molecule has 2 heterocycles. The molecule has 1 aromatic carbocycles. The lowest BCUT2D eigenvalue weighted by atomic mass is 9.77. The third-order valence-electron chi connectivity index (χ3n) is 5.51. The van der Waals surface area contributed by atoms with E-state index in [1.165, 1.54) is 16.9 Å². The van der Waals surface area contributed by atoms with Crippen molar-refractivity contribution in [3.63, 3.8) is 0 Å². The van der Waals surface area contributed by atoms with Crippen molar-refractivity contribution in [2.75, 3.05) is 13.2 Å². The molecule has 3 rings (SSSR count). The summed E-state index contributed by atoms with van der Waals surface area (Å²) in [5.74, 6) is 0. The second-order valence-corrected chi connectivity index (χ2v) is 9.76. The van der Waals surface area contributed by atoms with Gasteiger partial charge in [0.1, 0.15) is 0 Å². The van der Waals surface area contributed by atoms with Gasteiger partial charge in [0.05, 0.1) is 5.60 Å². The number of rotatable bonds is 8. The number of hydrogen-bond donors (Lipinski definition) is 1. The molecule has 0 amide bonds. The third kappa shape index (κ3) is 5.94. The molecular formula is C23H33NOS. The highest BCUT2D eigenvalue weighted by atomic mass is 32.1. The maximum Gasteiger partial charge on any atom is 0.0641 e. The van der Waals surface area contributed by atoms with Crippen molar-refractivity contribution in [1.82, 2.24) is 5.32 Å². The highest BCUT2D eigenvalue weighted by Crippen LogP contribution is 2.33. The van der Waals surface area contributed by atoms with Gasteiger partial charge in [0, 0.05) is 17.5 Å². The molecule has 1 N–H and O–H groups in total. The van der Waals surface area contributed by atoms with E-state index in [0.717, 1.165) is 38.8 Å². The molecular weight excluding hydrogens is 338 g/mol. The van der Waals surface area contributed by atoms with E-state index >= 15 is 0 Å². The van der Waals surface area contributed by atoms with Gasteiger partial charge in [0.15, 0.2) is 0 Å². The van der Waals surface area contributed by atoms with E-state index in [2.05, 4.69) is 73.9 Å². The van der Waals surface area contributed by atoms with E-state index in [1.807, 2.05) is 11.3 Å². The third-order valence-corrected chi connectivity index (χ3v) is 6.39. The molecule has 1 aliphatic heterocycles. The number of thiophene rings is 1. The van der Waals surface area contributed by atoms with Crippen molar-refractivity contribution in [2.24, 2.45) is 5.41 Å². The maximum absolute atomic E-state index is 5.85. The fourth-order valence-electron chi connectivity index (χ4n) is 4.15. The van der Waals surface area contributed by atoms with Crippen molar-refractivity contribution in [1.29, 1.82) is 0 Å². The van der Waals surface area contributed by atoms with Crippen LogP contribution in [0.4, 0.5) is 0 Å². The van der Waals surface area contributed by atoms with Crippen LogP contribution in [0.2, 0.25) is 0 Å². The van der Waals surface area contributed by atoms with E-state index in [-0.39, 0.29) is 11.0 Å². The lowest BCUT2D eigenvalue weighted by molar-refractivity contribution is -0.0630. The molecule has 0 unspecified atom stereocenters. The van der Waals surface area contributed by atoms with Gasteiger partial charge in [-0.1, -0.05) is 43.3 Å². The molecule has 2 atom stereocenters. The Hall–Kier alpha value is -1.16. The highest BCUT2D eigenvalue weighted by Gasteiger charge is 2.30. The molecule has 142 valence electrons. The highest BCUT2D eigenvalue weighted by molar-refractivity contribution is 7.09. The van der Waals surface area contributed by atoms with Crippen molar-refractivity contribution in [3.05, 3.63) is 58.3 Å².